The maximum atomic E-state index is 11.6. The van der Waals surface area contributed by atoms with E-state index in [9.17, 15) is 4.79 Å². The molecule has 1 aliphatic carbocycles. The van der Waals surface area contributed by atoms with Crippen LogP contribution in [0.25, 0.3) is 0 Å². The van der Waals surface area contributed by atoms with Crippen molar-refractivity contribution in [2.24, 2.45) is 17.4 Å². The molecule has 4 atom stereocenters. The molecule has 1 aromatic heterocycles. The van der Waals surface area contributed by atoms with Crippen LogP contribution >= 0.6 is 0 Å². The molecule has 1 aromatic rings. The quantitative estimate of drug-likeness (QED) is 0.741. The number of hydrogen-bond donors (Lipinski definition) is 3. The molecular weight excluding hydrogens is 256 g/mol. The summed E-state index contributed by atoms with van der Waals surface area (Å²) in [5.74, 6) is 0.431. The molecule has 108 valence electrons. The number of nitrogens with two attached hydrogens (primary N) is 2. The minimum absolute atomic E-state index is 0.00676. The molecular formula is C14H20N4O2. The van der Waals surface area contributed by atoms with Crippen LogP contribution in [0.3, 0.4) is 0 Å². The minimum atomic E-state index is -0.480. The molecule has 1 saturated heterocycles. The number of rotatable bonds is 3. The standard InChI is InChI=1S/C14H20N4O2/c1-7-4-5-17-14(9(7)13(16)19)18-11-10(15)8-3-2-6-20-12(8)11/h4-5,8,10-12H,2-3,6,15H2,1H3,(H2,16,19)(H,17,18). The Morgan fingerprint density at radius 2 is 2.35 bits per heavy atom. The smallest absolute Gasteiger partial charge is 0.252 e. The van der Waals surface area contributed by atoms with Crippen LogP contribution in [-0.4, -0.2) is 35.7 Å². The topological polar surface area (TPSA) is 103 Å². The highest BCUT2D eigenvalue weighted by molar-refractivity contribution is 5.99. The number of nitrogens with one attached hydrogen (secondary N) is 1. The SMILES string of the molecule is Cc1ccnc(NC2C(N)C3CCCOC32)c1C(N)=O. The monoisotopic (exact) mass is 276 g/mol. The predicted octanol–water partition coefficient (Wildman–Crippen LogP) is 0.406. The molecule has 0 spiro atoms. The summed E-state index contributed by atoms with van der Waals surface area (Å²) in [5, 5.41) is 3.26. The van der Waals surface area contributed by atoms with Crippen LogP contribution in [-0.2, 0) is 4.74 Å². The van der Waals surface area contributed by atoms with Gasteiger partial charge in [-0.3, -0.25) is 4.79 Å². The van der Waals surface area contributed by atoms with Gasteiger partial charge in [-0.1, -0.05) is 0 Å². The van der Waals surface area contributed by atoms with Crippen molar-refractivity contribution >= 4 is 11.7 Å². The number of anilines is 1. The van der Waals surface area contributed by atoms with Gasteiger partial charge in [-0.2, -0.15) is 0 Å². The molecule has 2 fully saturated rings. The zero-order valence-corrected chi connectivity index (χ0v) is 11.5. The molecule has 5 N–H and O–H groups in total. The molecule has 1 saturated carbocycles. The first-order valence-electron chi connectivity index (χ1n) is 6.98. The van der Waals surface area contributed by atoms with E-state index in [0.29, 0.717) is 17.3 Å². The number of carbonyl (C=O) groups excluding carboxylic acids is 1. The third-order valence-electron chi connectivity index (χ3n) is 4.39. The van der Waals surface area contributed by atoms with E-state index < -0.39 is 5.91 Å². The molecule has 1 amide bonds. The molecule has 0 aromatic carbocycles. The lowest BCUT2D eigenvalue weighted by Gasteiger charge is -2.52. The second kappa shape index (κ2) is 5.03. The van der Waals surface area contributed by atoms with E-state index in [1.54, 1.807) is 12.3 Å². The van der Waals surface area contributed by atoms with Crippen molar-refractivity contribution in [2.75, 3.05) is 11.9 Å². The van der Waals surface area contributed by atoms with Crippen molar-refractivity contribution in [3.8, 4) is 0 Å². The van der Waals surface area contributed by atoms with Crippen molar-refractivity contribution in [1.82, 2.24) is 4.98 Å². The normalized spacial score (nSPS) is 32.1. The highest BCUT2D eigenvalue weighted by Gasteiger charge is 2.50. The maximum Gasteiger partial charge on any atom is 0.252 e. The summed E-state index contributed by atoms with van der Waals surface area (Å²) in [6.07, 6.45) is 3.94. The Labute approximate surface area is 117 Å². The summed E-state index contributed by atoms with van der Waals surface area (Å²) in [5.41, 5.74) is 12.9. The van der Waals surface area contributed by atoms with E-state index in [1.807, 2.05) is 6.92 Å². The third kappa shape index (κ3) is 2.05. The van der Waals surface area contributed by atoms with Gasteiger partial charge in [-0.15, -0.1) is 0 Å². The Kier molecular flexibility index (Phi) is 3.35. The van der Waals surface area contributed by atoms with Crippen molar-refractivity contribution in [1.29, 1.82) is 0 Å². The number of carbonyl (C=O) groups is 1. The van der Waals surface area contributed by atoms with E-state index in [1.165, 1.54) is 0 Å². The lowest BCUT2D eigenvalue weighted by molar-refractivity contribution is -0.104. The number of primary amides is 1. The van der Waals surface area contributed by atoms with Gasteiger partial charge in [0, 0.05) is 24.8 Å². The number of ether oxygens (including phenoxy) is 1. The zero-order chi connectivity index (χ0) is 14.3. The van der Waals surface area contributed by atoms with Crippen LogP contribution in [0.2, 0.25) is 0 Å². The molecule has 2 aliphatic rings. The number of amides is 1. The van der Waals surface area contributed by atoms with Crippen molar-refractivity contribution in [2.45, 2.75) is 38.0 Å². The van der Waals surface area contributed by atoms with Gasteiger partial charge in [0.25, 0.3) is 5.91 Å². The molecule has 20 heavy (non-hydrogen) atoms. The van der Waals surface area contributed by atoms with Gasteiger partial charge in [0.15, 0.2) is 0 Å². The van der Waals surface area contributed by atoms with Gasteiger partial charge in [-0.05, 0) is 31.4 Å². The van der Waals surface area contributed by atoms with Gasteiger partial charge in [0.05, 0.1) is 17.7 Å². The molecule has 0 radical (unpaired) electrons. The van der Waals surface area contributed by atoms with Crippen molar-refractivity contribution in [3.05, 3.63) is 23.4 Å². The van der Waals surface area contributed by atoms with Gasteiger partial charge < -0.3 is 21.5 Å². The van der Waals surface area contributed by atoms with E-state index in [2.05, 4.69) is 10.3 Å². The molecule has 6 nitrogen and oxygen atoms in total. The Morgan fingerprint density at radius 3 is 3.10 bits per heavy atom. The third-order valence-corrected chi connectivity index (χ3v) is 4.39. The zero-order valence-electron chi connectivity index (χ0n) is 11.5. The summed E-state index contributed by atoms with van der Waals surface area (Å²) in [4.78, 5) is 15.8. The lowest BCUT2D eigenvalue weighted by Crippen LogP contribution is -2.69. The van der Waals surface area contributed by atoms with Gasteiger partial charge in [0.2, 0.25) is 0 Å². The Morgan fingerprint density at radius 1 is 1.55 bits per heavy atom. The fourth-order valence-electron chi connectivity index (χ4n) is 3.26. The minimum Gasteiger partial charge on any atom is -0.376 e. The summed E-state index contributed by atoms with van der Waals surface area (Å²) in [6.45, 7) is 2.61. The number of aryl methyl sites for hydroxylation is 1. The Bertz CT molecular complexity index is 534. The first-order chi connectivity index (χ1) is 9.59. The molecule has 6 heteroatoms. The summed E-state index contributed by atoms with van der Waals surface area (Å²) in [7, 11) is 0. The van der Waals surface area contributed by atoms with Gasteiger partial charge in [-0.25, -0.2) is 4.98 Å². The molecule has 4 unspecified atom stereocenters. The highest BCUT2D eigenvalue weighted by atomic mass is 16.5. The van der Waals surface area contributed by atoms with Crippen LogP contribution in [0.1, 0.15) is 28.8 Å². The molecule has 1 aliphatic heterocycles. The van der Waals surface area contributed by atoms with Crippen LogP contribution in [0, 0.1) is 12.8 Å². The lowest BCUT2D eigenvalue weighted by atomic mass is 9.68. The Hall–Kier alpha value is -1.66. The Balaban J connectivity index is 1.82. The summed E-state index contributed by atoms with van der Waals surface area (Å²) < 4.78 is 5.78. The van der Waals surface area contributed by atoms with Crippen molar-refractivity contribution in [3.63, 3.8) is 0 Å². The first-order valence-corrected chi connectivity index (χ1v) is 6.98. The molecule has 3 rings (SSSR count). The number of nitrogens with zero attached hydrogens (tertiary/aromatic N) is 1. The largest absolute Gasteiger partial charge is 0.376 e. The van der Waals surface area contributed by atoms with Crippen LogP contribution in [0.4, 0.5) is 5.82 Å². The number of pyridine rings is 1. The van der Waals surface area contributed by atoms with Crippen LogP contribution in [0.5, 0.6) is 0 Å². The van der Waals surface area contributed by atoms with Gasteiger partial charge >= 0.3 is 0 Å². The first kappa shape index (κ1) is 13.3. The fourth-order valence-corrected chi connectivity index (χ4v) is 3.26. The average molecular weight is 276 g/mol. The highest BCUT2D eigenvalue weighted by Crippen LogP contribution is 2.38. The van der Waals surface area contributed by atoms with E-state index in [-0.39, 0.29) is 18.2 Å². The summed E-state index contributed by atoms with van der Waals surface area (Å²) >= 11 is 0. The fraction of sp³-hybridized carbons (Fsp3) is 0.571. The average Bonchev–Trinajstić information content (AvgIpc) is 2.44. The number of aromatic nitrogens is 1. The van der Waals surface area contributed by atoms with Gasteiger partial charge in [0.1, 0.15) is 5.82 Å². The van der Waals surface area contributed by atoms with E-state index in [0.717, 1.165) is 25.0 Å². The number of hydrogen-bond acceptors (Lipinski definition) is 5. The van der Waals surface area contributed by atoms with E-state index >= 15 is 0 Å². The van der Waals surface area contributed by atoms with Crippen molar-refractivity contribution < 1.29 is 9.53 Å². The van der Waals surface area contributed by atoms with E-state index in [4.69, 9.17) is 16.2 Å². The molecule has 0 bridgehead atoms. The maximum absolute atomic E-state index is 11.6. The van der Waals surface area contributed by atoms with Crippen LogP contribution in [0.15, 0.2) is 12.3 Å². The van der Waals surface area contributed by atoms with Crippen LogP contribution < -0.4 is 16.8 Å². The summed E-state index contributed by atoms with van der Waals surface area (Å²) in [6, 6.07) is 1.79. The second-order valence-electron chi connectivity index (χ2n) is 5.60. The second-order valence-corrected chi connectivity index (χ2v) is 5.60. The predicted molar refractivity (Wildman–Crippen MR) is 75.3 cm³/mol. The number of fused-ring (bicyclic) bond motifs is 1. The molecule has 2 heterocycles.